The van der Waals surface area contributed by atoms with Gasteiger partial charge in [0.1, 0.15) is 5.75 Å². The minimum Gasteiger partial charge on any atom is -0.507 e. The van der Waals surface area contributed by atoms with Crippen molar-refractivity contribution in [1.82, 2.24) is 4.57 Å². The Morgan fingerprint density at radius 2 is 1.95 bits per heavy atom. The molecular formula is C25H23N3O8S. The number of nitro benzene ring substituents is 1. The Bertz CT molecular complexity index is 1620. The van der Waals surface area contributed by atoms with Gasteiger partial charge in [0, 0.05) is 17.7 Å². The van der Waals surface area contributed by atoms with E-state index < -0.39 is 22.5 Å². The number of phenols is 1. The number of carbonyl (C=O) groups is 1. The van der Waals surface area contributed by atoms with Crippen LogP contribution in [0.3, 0.4) is 0 Å². The normalized spacial score (nSPS) is 15.1. The van der Waals surface area contributed by atoms with Crippen LogP contribution in [0.2, 0.25) is 0 Å². The fraction of sp³-hybridized carbons (Fsp3) is 0.240. The molecule has 2 heterocycles. The first-order valence-corrected chi connectivity index (χ1v) is 11.9. The average Bonchev–Trinajstić information content (AvgIpc) is 3.18. The molecule has 11 nitrogen and oxygen atoms in total. The summed E-state index contributed by atoms with van der Waals surface area (Å²) < 4.78 is 17.6. The number of ether oxygens (including phenoxy) is 3. The van der Waals surface area contributed by atoms with Crippen molar-refractivity contribution in [1.29, 1.82) is 0 Å². The molecule has 1 aliphatic heterocycles. The summed E-state index contributed by atoms with van der Waals surface area (Å²) in [5.74, 6) is 0.0325. The monoisotopic (exact) mass is 525 g/mol. The predicted octanol–water partition coefficient (Wildman–Crippen LogP) is 2.43. The van der Waals surface area contributed by atoms with Crippen molar-refractivity contribution in [3.8, 4) is 17.2 Å². The number of carbonyl (C=O) groups excluding carboxylic acids is 1. The lowest BCUT2D eigenvalue weighted by molar-refractivity contribution is -0.384. The molecule has 37 heavy (non-hydrogen) atoms. The minimum absolute atomic E-state index is 0.100. The van der Waals surface area contributed by atoms with Crippen molar-refractivity contribution in [2.24, 2.45) is 4.99 Å². The van der Waals surface area contributed by atoms with Crippen molar-refractivity contribution in [2.75, 3.05) is 20.8 Å². The smallest absolute Gasteiger partial charge is 0.338 e. The maximum atomic E-state index is 13.7. The molecule has 12 heteroatoms. The van der Waals surface area contributed by atoms with Crippen LogP contribution in [0.25, 0.3) is 6.08 Å². The van der Waals surface area contributed by atoms with Gasteiger partial charge in [0.25, 0.3) is 11.2 Å². The number of nitrogens with zero attached hydrogens (tertiary/aromatic N) is 3. The molecular weight excluding hydrogens is 502 g/mol. The summed E-state index contributed by atoms with van der Waals surface area (Å²) in [4.78, 5) is 42.1. The second-order valence-corrected chi connectivity index (χ2v) is 8.93. The summed E-state index contributed by atoms with van der Waals surface area (Å²) in [7, 11) is 2.98. The van der Waals surface area contributed by atoms with E-state index in [1.807, 2.05) is 0 Å². The Kier molecular flexibility index (Phi) is 7.11. The summed E-state index contributed by atoms with van der Waals surface area (Å²) >= 11 is 1.03. The van der Waals surface area contributed by atoms with Crippen molar-refractivity contribution in [3.05, 3.63) is 88.6 Å². The van der Waals surface area contributed by atoms with Crippen molar-refractivity contribution < 1.29 is 29.0 Å². The van der Waals surface area contributed by atoms with E-state index in [-0.39, 0.29) is 33.7 Å². The van der Waals surface area contributed by atoms with Crippen LogP contribution in [0.15, 0.2) is 57.5 Å². The summed E-state index contributed by atoms with van der Waals surface area (Å²) in [6, 6.07) is 7.70. The zero-order chi connectivity index (χ0) is 26.9. The van der Waals surface area contributed by atoms with Gasteiger partial charge < -0.3 is 19.3 Å². The molecule has 1 aromatic heterocycles. The highest BCUT2D eigenvalue weighted by Gasteiger charge is 2.34. The molecule has 0 fully saturated rings. The van der Waals surface area contributed by atoms with Gasteiger partial charge in [-0.2, -0.15) is 0 Å². The van der Waals surface area contributed by atoms with Crippen LogP contribution >= 0.6 is 11.3 Å². The molecule has 1 unspecified atom stereocenters. The van der Waals surface area contributed by atoms with E-state index in [9.17, 15) is 24.8 Å². The highest BCUT2D eigenvalue weighted by molar-refractivity contribution is 7.07. The topological polar surface area (TPSA) is 142 Å². The van der Waals surface area contributed by atoms with Crippen LogP contribution in [0.1, 0.15) is 31.0 Å². The number of phenolic OH excluding ortho intramolecular Hbond substituents is 1. The molecule has 0 saturated heterocycles. The van der Waals surface area contributed by atoms with E-state index >= 15 is 0 Å². The number of aromatic nitrogens is 1. The fourth-order valence-electron chi connectivity index (χ4n) is 4.04. The first kappa shape index (κ1) is 25.6. The summed E-state index contributed by atoms with van der Waals surface area (Å²) in [5.41, 5.74) is 0.490. The molecule has 0 spiro atoms. The Morgan fingerprint density at radius 3 is 2.59 bits per heavy atom. The van der Waals surface area contributed by atoms with Gasteiger partial charge in [0.05, 0.1) is 47.6 Å². The van der Waals surface area contributed by atoms with Crippen LogP contribution in [-0.4, -0.2) is 41.4 Å². The van der Waals surface area contributed by atoms with E-state index in [1.165, 1.54) is 43.1 Å². The summed E-state index contributed by atoms with van der Waals surface area (Å²) in [5, 5.41) is 21.4. The minimum atomic E-state index is -0.893. The largest absolute Gasteiger partial charge is 0.507 e. The standard InChI is InChI=1S/C25H23N3O8S/c1-5-36-24(31)21-13(2)26-25-27(22(21)14-6-9-18(34-3)19(11-14)35-4)23(30)20(37-25)12-15-10-16(28(32)33)7-8-17(15)29/h6-12,22,29H,5H2,1-4H3/b20-12+. The van der Waals surface area contributed by atoms with E-state index in [0.717, 1.165) is 11.3 Å². The third-order valence-electron chi connectivity index (χ3n) is 5.75. The van der Waals surface area contributed by atoms with Gasteiger partial charge >= 0.3 is 5.97 Å². The molecule has 1 aliphatic rings. The molecule has 1 atom stereocenters. The lowest BCUT2D eigenvalue weighted by atomic mass is 9.95. The van der Waals surface area contributed by atoms with E-state index in [0.29, 0.717) is 27.6 Å². The maximum Gasteiger partial charge on any atom is 0.338 e. The second-order valence-electron chi connectivity index (χ2n) is 7.92. The first-order valence-electron chi connectivity index (χ1n) is 11.1. The SMILES string of the molecule is CCOC(=O)C1=C(C)N=c2s/c(=C/c3cc([N+](=O)[O-])ccc3O)c(=O)n2C1c1ccc(OC)c(OC)c1. The second kappa shape index (κ2) is 10.3. The number of thiazole rings is 1. The molecule has 0 amide bonds. The van der Waals surface area contributed by atoms with Crippen molar-refractivity contribution >= 4 is 29.1 Å². The molecule has 0 bridgehead atoms. The van der Waals surface area contributed by atoms with E-state index in [2.05, 4.69) is 4.99 Å². The van der Waals surface area contributed by atoms with Gasteiger partial charge in [-0.3, -0.25) is 19.5 Å². The number of rotatable bonds is 7. The Hall–Kier alpha value is -4.45. The van der Waals surface area contributed by atoms with Crippen LogP contribution in [0, 0.1) is 10.1 Å². The number of esters is 1. The Balaban J connectivity index is 1.98. The van der Waals surface area contributed by atoms with Crippen LogP contribution in [-0.2, 0) is 9.53 Å². The van der Waals surface area contributed by atoms with Gasteiger partial charge in [-0.1, -0.05) is 17.4 Å². The third-order valence-corrected chi connectivity index (χ3v) is 6.73. The van der Waals surface area contributed by atoms with Crippen LogP contribution < -0.4 is 24.4 Å². The lowest BCUT2D eigenvalue weighted by Gasteiger charge is -2.25. The van der Waals surface area contributed by atoms with Gasteiger partial charge in [-0.25, -0.2) is 9.79 Å². The van der Waals surface area contributed by atoms with Crippen LogP contribution in [0.4, 0.5) is 5.69 Å². The fourth-order valence-corrected chi connectivity index (χ4v) is 5.08. The quantitative estimate of drug-likeness (QED) is 0.282. The van der Waals surface area contributed by atoms with Gasteiger partial charge in [0.15, 0.2) is 16.3 Å². The number of nitro groups is 1. The van der Waals surface area contributed by atoms with Crippen molar-refractivity contribution in [2.45, 2.75) is 19.9 Å². The van der Waals surface area contributed by atoms with Gasteiger partial charge in [-0.05, 0) is 43.7 Å². The number of methoxy groups -OCH3 is 2. The third kappa shape index (κ3) is 4.70. The number of hydrogen-bond donors (Lipinski definition) is 1. The summed E-state index contributed by atoms with van der Waals surface area (Å²) in [6.07, 6.45) is 1.36. The Labute approximate surface area is 214 Å². The molecule has 1 N–H and O–H groups in total. The number of hydrogen-bond acceptors (Lipinski definition) is 10. The van der Waals surface area contributed by atoms with Gasteiger partial charge in [-0.15, -0.1) is 0 Å². The number of allylic oxidation sites excluding steroid dienone is 1. The summed E-state index contributed by atoms with van der Waals surface area (Å²) in [6.45, 7) is 3.47. The van der Waals surface area contributed by atoms with E-state index in [4.69, 9.17) is 14.2 Å². The van der Waals surface area contributed by atoms with E-state index in [1.54, 1.807) is 32.0 Å². The zero-order valence-corrected chi connectivity index (χ0v) is 21.2. The number of aromatic hydroxyl groups is 1. The average molecular weight is 526 g/mol. The molecule has 0 saturated carbocycles. The predicted molar refractivity (Wildman–Crippen MR) is 135 cm³/mol. The Morgan fingerprint density at radius 1 is 1.22 bits per heavy atom. The molecule has 2 aromatic carbocycles. The van der Waals surface area contributed by atoms with Gasteiger partial charge in [0.2, 0.25) is 0 Å². The molecule has 0 aliphatic carbocycles. The number of non-ortho nitro benzene ring substituents is 1. The highest BCUT2D eigenvalue weighted by atomic mass is 32.1. The first-order chi connectivity index (χ1) is 17.7. The van der Waals surface area contributed by atoms with Crippen LogP contribution in [0.5, 0.6) is 17.2 Å². The lowest BCUT2D eigenvalue weighted by Crippen LogP contribution is -2.40. The highest BCUT2D eigenvalue weighted by Crippen LogP contribution is 2.36. The molecule has 192 valence electrons. The molecule has 0 radical (unpaired) electrons. The maximum absolute atomic E-state index is 13.7. The van der Waals surface area contributed by atoms with Crippen molar-refractivity contribution in [3.63, 3.8) is 0 Å². The number of benzene rings is 2. The number of fused-ring (bicyclic) bond motifs is 1. The molecule has 4 rings (SSSR count). The zero-order valence-electron chi connectivity index (χ0n) is 20.4. The molecule has 3 aromatic rings.